The zero-order valence-corrected chi connectivity index (χ0v) is 12.2. The molecular weight excluding hydrogens is 297 g/mol. The van der Waals surface area contributed by atoms with Crippen LogP contribution in [-0.4, -0.2) is 13.7 Å². The maximum Gasteiger partial charge on any atom is 0.139 e. The first-order valence-electron chi connectivity index (χ1n) is 6.37. The van der Waals surface area contributed by atoms with E-state index in [4.69, 9.17) is 10.5 Å². The van der Waals surface area contributed by atoms with Crippen LogP contribution in [0.1, 0.15) is 37.7 Å². The van der Waals surface area contributed by atoms with Crippen LogP contribution in [0.5, 0.6) is 5.75 Å². The van der Waals surface area contributed by atoms with Crippen molar-refractivity contribution in [2.24, 2.45) is 5.73 Å². The quantitative estimate of drug-likeness (QED) is 0.921. The van der Waals surface area contributed by atoms with E-state index in [2.05, 4.69) is 15.9 Å². The average molecular weight is 316 g/mol. The molecular formula is C14H19BrFNO. The van der Waals surface area contributed by atoms with Crippen LogP contribution in [0, 0.1) is 5.82 Å². The standard InChI is InChI=1S/C14H19BrFNO/c1-18-13-10(15)5-6-11(16)12(13)14(9-17)7-3-2-4-8-14/h5-6H,2-4,7-9,17H2,1H3. The first-order chi connectivity index (χ1) is 8.64. The van der Waals surface area contributed by atoms with Crippen molar-refractivity contribution in [2.45, 2.75) is 37.5 Å². The van der Waals surface area contributed by atoms with Crippen LogP contribution in [0.4, 0.5) is 4.39 Å². The Morgan fingerprint density at radius 1 is 1.33 bits per heavy atom. The fourth-order valence-corrected chi connectivity index (χ4v) is 3.50. The van der Waals surface area contributed by atoms with E-state index in [0.29, 0.717) is 17.9 Å². The lowest BCUT2D eigenvalue weighted by molar-refractivity contribution is 0.277. The molecule has 1 saturated carbocycles. The molecule has 1 aliphatic carbocycles. The molecule has 0 unspecified atom stereocenters. The van der Waals surface area contributed by atoms with Gasteiger partial charge in [-0.05, 0) is 40.9 Å². The van der Waals surface area contributed by atoms with Gasteiger partial charge < -0.3 is 10.5 Å². The summed E-state index contributed by atoms with van der Waals surface area (Å²) in [6, 6.07) is 3.18. The number of hydrogen-bond acceptors (Lipinski definition) is 2. The van der Waals surface area contributed by atoms with Crippen LogP contribution in [0.15, 0.2) is 16.6 Å². The lowest BCUT2D eigenvalue weighted by atomic mass is 9.69. The van der Waals surface area contributed by atoms with Gasteiger partial charge in [-0.25, -0.2) is 4.39 Å². The van der Waals surface area contributed by atoms with Gasteiger partial charge >= 0.3 is 0 Å². The van der Waals surface area contributed by atoms with E-state index in [1.54, 1.807) is 13.2 Å². The summed E-state index contributed by atoms with van der Waals surface area (Å²) in [5, 5.41) is 0. The molecule has 1 aromatic carbocycles. The van der Waals surface area contributed by atoms with E-state index in [-0.39, 0.29) is 11.2 Å². The Hall–Kier alpha value is -0.610. The van der Waals surface area contributed by atoms with Crippen LogP contribution in [0.3, 0.4) is 0 Å². The molecule has 0 bridgehead atoms. The number of rotatable bonds is 3. The summed E-state index contributed by atoms with van der Waals surface area (Å²) in [5.41, 5.74) is 6.36. The molecule has 0 amide bonds. The van der Waals surface area contributed by atoms with Gasteiger partial charge in [-0.15, -0.1) is 0 Å². The first-order valence-corrected chi connectivity index (χ1v) is 7.16. The minimum atomic E-state index is -0.266. The number of ether oxygens (including phenoxy) is 1. The summed E-state index contributed by atoms with van der Waals surface area (Å²) >= 11 is 3.43. The highest BCUT2D eigenvalue weighted by atomic mass is 79.9. The van der Waals surface area contributed by atoms with Crippen LogP contribution < -0.4 is 10.5 Å². The van der Waals surface area contributed by atoms with Crippen LogP contribution in [0.2, 0.25) is 0 Å². The second-order valence-corrected chi connectivity index (χ2v) is 5.84. The SMILES string of the molecule is COc1c(Br)ccc(F)c1C1(CN)CCCCC1. The number of hydrogen-bond donors (Lipinski definition) is 1. The van der Waals surface area contributed by atoms with E-state index < -0.39 is 0 Å². The highest BCUT2D eigenvalue weighted by Crippen LogP contribution is 2.46. The Balaban J connectivity index is 2.56. The van der Waals surface area contributed by atoms with Gasteiger partial charge in [0.05, 0.1) is 11.6 Å². The van der Waals surface area contributed by atoms with Crippen LogP contribution in [-0.2, 0) is 5.41 Å². The summed E-state index contributed by atoms with van der Waals surface area (Å²) < 4.78 is 20.5. The monoisotopic (exact) mass is 315 g/mol. The molecule has 0 radical (unpaired) electrons. The van der Waals surface area contributed by atoms with Crippen molar-refractivity contribution in [3.05, 3.63) is 28.0 Å². The average Bonchev–Trinajstić information content (AvgIpc) is 2.41. The molecule has 18 heavy (non-hydrogen) atoms. The van der Waals surface area contributed by atoms with Crippen molar-refractivity contribution in [1.82, 2.24) is 0 Å². The molecule has 1 aromatic rings. The van der Waals surface area contributed by atoms with E-state index in [1.807, 2.05) is 0 Å². The molecule has 2 N–H and O–H groups in total. The molecule has 0 aromatic heterocycles. The zero-order valence-electron chi connectivity index (χ0n) is 10.6. The third-order valence-electron chi connectivity index (χ3n) is 3.99. The minimum absolute atomic E-state index is 0.206. The van der Waals surface area contributed by atoms with Gasteiger partial charge in [0, 0.05) is 17.5 Å². The van der Waals surface area contributed by atoms with Crippen molar-refractivity contribution >= 4 is 15.9 Å². The maximum atomic E-state index is 14.3. The summed E-state index contributed by atoms with van der Waals surface area (Å²) in [5.74, 6) is 0.393. The number of halogens is 2. The molecule has 0 saturated heterocycles. The zero-order chi connectivity index (χ0) is 13.2. The van der Waals surface area contributed by atoms with E-state index in [9.17, 15) is 4.39 Å². The minimum Gasteiger partial charge on any atom is -0.495 e. The topological polar surface area (TPSA) is 35.2 Å². The van der Waals surface area contributed by atoms with E-state index in [1.165, 1.54) is 12.5 Å². The largest absolute Gasteiger partial charge is 0.495 e. The number of benzene rings is 1. The molecule has 100 valence electrons. The third-order valence-corrected chi connectivity index (χ3v) is 4.62. The van der Waals surface area contributed by atoms with Crippen LogP contribution in [0.25, 0.3) is 0 Å². The molecule has 1 fully saturated rings. The van der Waals surface area contributed by atoms with Crippen molar-refractivity contribution in [2.75, 3.05) is 13.7 Å². The predicted octanol–water partition coefficient (Wildman–Crippen LogP) is 3.76. The fraction of sp³-hybridized carbons (Fsp3) is 0.571. The highest BCUT2D eigenvalue weighted by Gasteiger charge is 2.38. The van der Waals surface area contributed by atoms with E-state index in [0.717, 1.165) is 30.2 Å². The molecule has 1 aliphatic rings. The lowest BCUT2D eigenvalue weighted by Crippen LogP contribution is -2.38. The summed E-state index contributed by atoms with van der Waals surface area (Å²) in [7, 11) is 1.58. The molecule has 2 nitrogen and oxygen atoms in total. The molecule has 0 spiro atoms. The van der Waals surface area contributed by atoms with Gasteiger partial charge in [0.1, 0.15) is 11.6 Å². The highest BCUT2D eigenvalue weighted by molar-refractivity contribution is 9.10. The van der Waals surface area contributed by atoms with Gasteiger partial charge in [0.25, 0.3) is 0 Å². The third kappa shape index (κ3) is 2.28. The molecule has 4 heteroatoms. The van der Waals surface area contributed by atoms with Crippen LogP contribution >= 0.6 is 15.9 Å². The molecule has 0 aliphatic heterocycles. The normalized spacial score (nSPS) is 18.7. The molecule has 0 atom stereocenters. The Kier molecular flexibility index (Phi) is 4.28. The fourth-order valence-electron chi connectivity index (χ4n) is 3.01. The molecule has 2 rings (SSSR count). The Morgan fingerprint density at radius 3 is 2.56 bits per heavy atom. The van der Waals surface area contributed by atoms with Gasteiger partial charge in [-0.2, -0.15) is 0 Å². The molecule has 0 heterocycles. The van der Waals surface area contributed by atoms with Gasteiger partial charge in [-0.3, -0.25) is 0 Å². The summed E-state index contributed by atoms with van der Waals surface area (Å²) in [4.78, 5) is 0. The predicted molar refractivity (Wildman–Crippen MR) is 74.5 cm³/mol. The Bertz CT molecular complexity index is 430. The van der Waals surface area contributed by atoms with Crippen molar-refractivity contribution in [3.8, 4) is 5.75 Å². The first kappa shape index (κ1) is 13.8. The van der Waals surface area contributed by atoms with Crippen molar-refractivity contribution in [1.29, 1.82) is 0 Å². The summed E-state index contributed by atoms with van der Waals surface area (Å²) in [6.45, 7) is 0.469. The van der Waals surface area contributed by atoms with E-state index >= 15 is 0 Å². The van der Waals surface area contributed by atoms with Gasteiger partial charge in [0.2, 0.25) is 0 Å². The second-order valence-electron chi connectivity index (χ2n) is 4.98. The summed E-state index contributed by atoms with van der Waals surface area (Å²) in [6.07, 6.45) is 5.29. The van der Waals surface area contributed by atoms with Gasteiger partial charge in [0.15, 0.2) is 0 Å². The Morgan fingerprint density at radius 2 is 2.00 bits per heavy atom. The van der Waals surface area contributed by atoms with Crippen molar-refractivity contribution in [3.63, 3.8) is 0 Å². The number of methoxy groups -OCH3 is 1. The lowest BCUT2D eigenvalue weighted by Gasteiger charge is -2.38. The maximum absolute atomic E-state index is 14.3. The smallest absolute Gasteiger partial charge is 0.139 e. The second kappa shape index (κ2) is 5.57. The van der Waals surface area contributed by atoms with Crippen molar-refractivity contribution < 1.29 is 9.13 Å². The van der Waals surface area contributed by atoms with Gasteiger partial charge in [-0.1, -0.05) is 19.3 Å². The number of nitrogens with two attached hydrogens (primary N) is 1. The Labute approximate surface area is 116 Å².